The molecule has 2 rings (SSSR count). The number of pyridine rings is 1. The number of carbonyl (C=O) groups is 1. The lowest BCUT2D eigenvalue weighted by Crippen LogP contribution is -2.28. The number of hydrogen-bond donors (Lipinski definition) is 2. The molecule has 6 heteroatoms. The average Bonchev–Trinajstić information content (AvgIpc) is 2.65. The fraction of sp³-hybridized carbons (Fsp3) is 0.368. The van der Waals surface area contributed by atoms with Crippen molar-refractivity contribution in [2.24, 2.45) is 0 Å². The van der Waals surface area contributed by atoms with Crippen molar-refractivity contribution in [3.63, 3.8) is 0 Å². The second-order valence-electron chi connectivity index (χ2n) is 5.48. The molecule has 1 heterocycles. The molecule has 0 aliphatic carbocycles. The first-order valence-corrected chi connectivity index (χ1v) is 8.40. The van der Waals surface area contributed by atoms with E-state index in [4.69, 9.17) is 9.47 Å². The van der Waals surface area contributed by atoms with Crippen LogP contribution in [0.4, 0.5) is 0 Å². The average molecular weight is 343 g/mol. The quantitative estimate of drug-likeness (QED) is 0.645. The van der Waals surface area contributed by atoms with Crippen molar-refractivity contribution in [3.05, 3.63) is 53.9 Å². The van der Waals surface area contributed by atoms with Gasteiger partial charge in [0.15, 0.2) is 18.1 Å². The number of amides is 1. The van der Waals surface area contributed by atoms with Gasteiger partial charge in [-0.1, -0.05) is 12.1 Å². The van der Waals surface area contributed by atoms with Crippen LogP contribution in [-0.2, 0) is 17.8 Å². The van der Waals surface area contributed by atoms with Gasteiger partial charge in [-0.25, -0.2) is 0 Å². The fourth-order valence-electron chi connectivity index (χ4n) is 2.33. The zero-order chi connectivity index (χ0) is 17.9. The first-order chi connectivity index (χ1) is 12.2. The van der Waals surface area contributed by atoms with Crippen LogP contribution in [0.1, 0.15) is 18.2 Å². The Balaban J connectivity index is 1.82. The summed E-state index contributed by atoms with van der Waals surface area (Å²) in [5, 5.41) is 6.08. The van der Waals surface area contributed by atoms with Crippen LogP contribution in [0.5, 0.6) is 11.5 Å². The van der Waals surface area contributed by atoms with Crippen LogP contribution in [0.25, 0.3) is 0 Å². The molecule has 2 aromatic rings. The zero-order valence-electron chi connectivity index (χ0n) is 14.7. The zero-order valence-corrected chi connectivity index (χ0v) is 14.7. The van der Waals surface area contributed by atoms with Crippen molar-refractivity contribution in [3.8, 4) is 11.5 Å². The van der Waals surface area contributed by atoms with Gasteiger partial charge < -0.3 is 20.1 Å². The summed E-state index contributed by atoms with van der Waals surface area (Å²) in [4.78, 5) is 15.8. The summed E-state index contributed by atoms with van der Waals surface area (Å²) in [6.07, 6.45) is 2.69. The predicted octanol–water partition coefficient (Wildman–Crippen LogP) is 1.94. The first-order valence-electron chi connectivity index (χ1n) is 8.40. The van der Waals surface area contributed by atoms with Crippen LogP contribution in [0.2, 0.25) is 0 Å². The summed E-state index contributed by atoms with van der Waals surface area (Å²) in [7, 11) is 1.59. The molecule has 1 aromatic heterocycles. The van der Waals surface area contributed by atoms with Gasteiger partial charge in [0, 0.05) is 37.9 Å². The van der Waals surface area contributed by atoms with Crippen molar-refractivity contribution in [2.75, 3.05) is 26.8 Å². The summed E-state index contributed by atoms with van der Waals surface area (Å²) in [6, 6.07) is 11.6. The molecule has 2 N–H and O–H groups in total. The summed E-state index contributed by atoms with van der Waals surface area (Å²) in [5.74, 6) is 1.03. The van der Waals surface area contributed by atoms with Crippen molar-refractivity contribution in [1.29, 1.82) is 0 Å². The molecule has 6 nitrogen and oxygen atoms in total. The minimum Gasteiger partial charge on any atom is -0.493 e. The van der Waals surface area contributed by atoms with E-state index >= 15 is 0 Å². The van der Waals surface area contributed by atoms with Crippen molar-refractivity contribution in [2.45, 2.75) is 19.9 Å². The van der Waals surface area contributed by atoms with Crippen molar-refractivity contribution in [1.82, 2.24) is 15.6 Å². The van der Waals surface area contributed by atoms with E-state index in [0.29, 0.717) is 18.0 Å². The molecule has 134 valence electrons. The van der Waals surface area contributed by atoms with Gasteiger partial charge in [-0.15, -0.1) is 0 Å². The van der Waals surface area contributed by atoms with Crippen molar-refractivity contribution < 1.29 is 14.3 Å². The number of ether oxygens (including phenoxy) is 2. The Morgan fingerprint density at radius 2 is 2.08 bits per heavy atom. The molecule has 0 radical (unpaired) electrons. The molecular weight excluding hydrogens is 318 g/mol. The number of benzene rings is 1. The highest BCUT2D eigenvalue weighted by Crippen LogP contribution is 2.28. The number of nitrogens with one attached hydrogen (secondary N) is 2. The van der Waals surface area contributed by atoms with E-state index in [2.05, 4.69) is 15.6 Å². The Morgan fingerprint density at radius 1 is 1.20 bits per heavy atom. The summed E-state index contributed by atoms with van der Waals surface area (Å²) in [5.41, 5.74) is 2.16. The Bertz CT molecular complexity index is 662. The van der Waals surface area contributed by atoms with Gasteiger partial charge in [0.1, 0.15) is 0 Å². The third-order valence-electron chi connectivity index (χ3n) is 3.57. The van der Waals surface area contributed by atoms with E-state index in [-0.39, 0.29) is 12.5 Å². The maximum absolute atomic E-state index is 11.5. The predicted molar refractivity (Wildman–Crippen MR) is 96.8 cm³/mol. The standard InChI is InChI=1S/C19H25N3O3/c1-3-21-19(23)14-25-17-8-7-15(12-18(17)24-2)13-20-11-9-16-6-4-5-10-22-16/h4-8,10,12,20H,3,9,11,13-14H2,1-2H3,(H,21,23). The smallest absolute Gasteiger partial charge is 0.257 e. The molecule has 0 aliphatic rings. The maximum atomic E-state index is 11.5. The van der Waals surface area contributed by atoms with Crippen LogP contribution >= 0.6 is 0 Å². The maximum Gasteiger partial charge on any atom is 0.257 e. The van der Waals surface area contributed by atoms with E-state index in [1.165, 1.54) is 0 Å². The monoisotopic (exact) mass is 343 g/mol. The van der Waals surface area contributed by atoms with E-state index < -0.39 is 0 Å². The van der Waals surface area contributed by atoms with Gasteiger partial charge in [0.25, 0.3) is 5.91 Å². The SMILES string of the molecule is CCNC(=O)COc1ccc(CNCCc2ccccn2)cc1OC. The topological polar surface area (TPSA) is 72.5 Å². The van der Waals surface area contributed by atoms with Crippen LogP contribution in [-0.4, -0.2) is 37.7 Å². The number of nitrogens with zero attached hydrogens (tertiary/aromatic N) is 1. The third kappa shape index (κ3) is 6.43. The molecule has 0 saturated carbocycles. The van der Waals surface area contributed by atoms with Crippen LogP contribution < -0.4 is 20.1 Å². The molecule has 25 heavy (non-hydrogen) atoms. The normalized spacial score (nSPS) is 10.3. The number of carbonyl (C=O) groups excluding carboxylic acids is 1. The first kappa shape index (κ1) is 18.7. The van der Waals surface area contributed by atoms with Crippen LogP contribution in [0.3, 0.4) is 0 Å². The molecule has 0 saturated heterocycles. The minimum atomic E-state index is -0.148. The molecule has 0 aliphatic heterocycles. The van der Waals surface area contributed by atoms with Gasteiger partial charge in [0.05, 0.1) is 7.11 Å². The summed E-state index contributed by atoms with van der Waals surface area (Å²) in [6.45, 7) is 4.00. The molecule has 0 atom stereocenters. The lowest BCUT2D eigenvalue weighted by molar-refractivity contribution is -0.123. The Hall–Kier alpha value is -2.60. The largest absolute Gasteiger partial charge is 0.493 e. The van der Waals surface area contributed by atoms with E-state index in [0.717, 1.165) is 30.8 Å². The van der Waals surface area contributed by atoms with Crippen LogP contribution in [0.15, 0.2) is 42.6 Å². The van der Waals surface area contributed by atoms with Gasteiger partial charge in [-0.2, -0.15) is 0 Å². The summed E-state index contributed by atoms with van der Waals surface area (Å²) >= 11 is 0. The Labute approximate surface area is 148 Å². The molecule has 1 amide bonds. The number of rotatable bonds is 10. The molecule has 0 fully saturated rings. The highest BCUT2D eigenvalue weighted by atomic mass is 16.5. The van der Waals surface area contributed by atoms with Gasteiger partial charge in [-0.05, 0) is 36.8 Å². The molecule has 0 unspecified atom stereocenters. The molecule has 1 aromatic carbocycles. The van der Waals surface area contributed by atoms with E-state index in [9.17, 15) is 4.79 Å². The summed E-state index contributed by atoms with van der Waals surface area (Å²) < 4.78 is 10.9. The van der Waals surface area contributed by atoms with Crippen molar-refractivity contribution >= 4 is 5.91 Å². The second kappa shape index (κ2) is 10.3. The fourth-order valence-corrected chi connectivity index (χ4v) is 2.33. The lowest BCUT2D eigenvalue weighted by Gasteiger charge is -2.12. The highest BCUT2D eigenvalue weighted by Gasteiger charge is 2.08. The van der Waals surface area contributed by atoms with Gasteiger partial charge in [0.2, 0.25) is 0 Å². The number of likely N-dealkylation sites (N-methyl/N-ethyl adjacent to an activating group) is 1. The van der Waals surface area contributed by atoms with E-state index in [1.54, 1.807) is 13.3 Å². The van der Waals surface area contributed by atoms with Crippen LogP contribution in [0, 0.1) is 0 Å². The molecule has 0 bridgehead atoms. The Morgan fingerprint density at radius 3 is 2.80 bits per heavy atom. The van der Waals surface area contributed by atoms with Gasteiger partial charge in [-0.3, -0.25) is 9.78 Å². The lowest BCUT2D eigenvalue weighted by atomic mass is 10.2. The van der Waals surface area contributed by atoms with E-state index in [1.807, 2.05) is 43.3 Å². The molecular formula is C19H25N3O3. The number of hydrogen-bond acceptors (Lipinski definition) is 5. The minimum absolute atomic E-state index is 0.0220. The third-order valence-corrected chi connectivity index (χ3v) is 3.57. The number of methoxy groups -OCH3 is 1. The highest BCUT2D eigenvalue weighted by molar-refractivity contribution is 5.77. The van der Waals surface area contributed by atoms with Gasteiger partial charge >= 0.3 is 0 Å². The number of aromatic nitrogens is 1. The molecule has 0 spiro atoms. The Kier molecular flexibility index (Phi) is 7.72. The second-order valence-corrected chi connectivity index (χ2v) is 5.48.